The predicted octanol–water partition coefficient (Wildman–Crippen LogP) is 3.58. The van der Waals surface area contributed by atoms with Gasteiger partial charge in [0.15, 0.2) is 0 Å². The number of hydrogen-bond donors (Lipinski definition) is 3. The summed E-state index contributed by atoms with van der Waals surface area (Å²) in [4.78, 5) is 12.4. The van der Waals surface area contributed by atoms with Crippen molar-refractivity contribution in [3.05, 3.63) is 70.8 Å². The summed E-state index contributed by atoms with van der Waals surface area (Å²) in [5, 5.41) is 9.80. The minimum atomic E-state index is -0.0389. The Morgan fingerprint density at radius 2 is 1.61 bits per heavy atom. The maximum absolute atomic E-state index is 12.4. The van der Waals surface area contributed by atoms with E-state index in [9.17, 15) is 4.79 Å². The minimum Gasteiger partial charge on any atom is -0.337 e. The van der Waals surface area contributed by atoms with Crippen molar-refractivity contribution in [2.24, 2.45) is 5.92 Å². The Morgan fingerprint density at radius 1 is 1.00 bits per heavy atom. The van der Waals surface area contributed by atoms with Gasteiger partial charge in [0.2, 0.25) is 0 Å². The van der Waals surface area contributed by atoms with Crippen LogP contribution in [0.15, 0.2) is 48.5 Å². The van der Waals surface area contributed by atoms with E-state index in [4.69, 9.17) is 0 Å². The molecule has 1 aliphatic heterocycles. The van der Waals surface area contributed by atoms with Gasteiger partial charge in [-0.05, 0) is 60.3 Å². The van der Waals surface area contributed by atoms with Gasteiger partial charge in [0.1, 0.15) is 0 Å². The predicted molar refractivity (Wildman–Crippen MR) is 113 cm³/mol. The van der Waals surface area contributed by atoms with E-state index in [2.05, 4.69) is 71.4 Å². The van der Waals surface area contributed by atoms with E-state index >= 15 is 0 Å². The summed E-state index contributed by atoms with van der Waals surface area (Å²) >= 11 is 0. The lowest BCUT2D eigenvalue weighted by Gasteiger charge is -2.27. The molecule has 2 atom stereocenters. The summed E-state index contributed by atoms with van der Waals surface area (Å²) in [6.45, 7) is 3.70. The highest BCUT2D eigenvalue weighted by molar-refractivity contribution is 5.74. The van der Waals surface area contributed by atoms with Crippen LogP contribution in [0.25, 0.3) is 0 Å². The monoisotopic (exact) mass is 377 g/mol. The molecule has 2 aromatic rings. The van der Waals surface area contributed by atoms with Crippen molar-refractivity contribution in [2.45, 2.75) is 57.7 Å². The molecule has 0 radical (unpaired) electrons. The molecule has 0 saturated heterocycles. The summed E-state index contributed by atoms with van der Waals surface area (Å²) in [5.41, 5.74) is 5.72. The molecule has 1 heterocycles. The van der Waals surface area contributed by atoms with Crippen LogP contribution in [0.1, 0.15) is 42.0 Å². The molecule has 4 nitrogen and oxygen atoms in total. The Morgan fingerprint density at radius 3 is 2.25 bits per heavy atom. The van der Waals surface area contributed by atoms with Crippen LogP contribution in [0.2, 0.25) is 0 Å². The minimum absolute atomic E-state index is 0.0389. The second kappa shape index (κ2) is 8.78. The van der Waals surface area contributed by atoms with E-state index < -0.39 is 0 Å². The third kappa shape index (κ3) is 4.56. The molecule has 28 heavy (non-hydrogen) atoms. The molecule has 4 heteroatoms. The molecule has 0 fully saturated rings. The molecule has 0 aromatic heterocycles. The lowest BCUT2D eigenvalue weighted by Crippen LogP contribution is -2.49. The van der Waals surface area contributed by atoms with Crippen molar-refractivity contribution in [1.82, 2.24) is 16.0 Å². The van der Waals surface area contributed by atoms with Gasteiger partial charge in [-0.1, -0.05) is 55.5 Å². The fourth-order valence-electron chi connectivity index (χ4n) is 4.66. The molecule has 2 aliphatic rings. The Kier molecular flexibility index (Phi) is 5.96. The number of rotatable bonds is 6. The third-order valence-electron chi connectivity index (χ3n) is 6.26. The Hall–Kier alpha value is -2.33. The summed E-state index contributed by atoms with van der Waals surface area (Å²) in [6, 6.07) is 17.8. The topological polar surface area (TPSA) is 53.2 Å². The zero-order chi connectivity index (χ0) is 19.3. The standard InChI is InChI=1S/C24H31N3O/c1-2-22(13-17-11-18-7-3-4-8-19(18)12-17)27-24(28)26-16-23-14-20-9-5-6-10-21(20)15-25-23/h3-10,17,22-23,25H,2,11-16H2,1H3,(H2,26,27,28)/t22?,23-/m0/s1. The molecule has 1 aliphatic carbocycles. The number of nitrogens with one attached hydrogen (secondary N) is 3. The first-order chi connectivity index (χ1) is 13.7. The fraction of sp³-hybridized carbons (Fsp3) is 0.458. The highest BCUT2D eigenvalue weighted by Crippen LogP contribution is 2.29. The number of urea groups is 1. The number of benzene rings is 2. The van der Waals surface area contributed by atoms with E-state index in [0.717, 1.165) is 38.6 Å². The van der Waals surface area contributed by atoms with Gasteiger partial charge in [-0.25, -0.2) is 4.79 Å². The largest absolute Gasteiger partial charge is 0.337 e. The number of carbonyl (C=O) groups excluding carboxylic acids is 1. The Bertz CT molecular complexity index is 794. The van der Waals surface area contributed by atoms with E-state index in [1.165, 1.54) is 22.3 Å². The van der Waals surface area contributed by atoms with Gasteiger partial charge >= 0.3 is 6.03 Å². The quantitative estimate of drug-likeness (QED) is 0.721. The van der Waals surface area contributed by atoms with E-state index in [0.29, 0.717) is 18.5 Å². The normalized spacial score (nSPS) is 19.5. The number of carbonyl (C=O) groups is 1. The van der Waals surface area contributed by atoms with E-state index in [-0.39, 0.29) is 12.1 Å². The lowest BCUT2D eigenvalue weighted by molar-refractivity contribution is 0.232. The second-order valence-electron chi connectivity index (χ2n) is 8.29. The van der Waals surface area contributed by atoms with Gasteiger partial charge in [0, 0.05) is 25.2 Å². The van der Waals surface area contributed by atoms with Crippen molar-refractivity contribution in [2.75, 3.05) is 6.54 Å². The number of amides is 2. The van der Waals surface area contributed by atoms with Crippen LogP contribution in [-0.2, 0) is 25.8 Å². The SMILES string of the molecule is CCC(CC1Cc2ccccc2C1)NC(=O)NC[C@@H]1Cc2ccccc2CN1. The summed E-state index contributed by atoms with van der Waals surface area (Å²) in [5.74, 6) is 0.638. The van der Waals surface area contributed by atoms with Gasteiger partial charge in [0.25, 0.3) is 0 Å². The van der Waals surface area contributed by atoms with Crippen molar-refractivity contribution < 1.29 is 4.79 Å². The second-order valence-corrected chi connectivity index (χ2v) is 8.29. The molecule has 148 valence electrons. The van der Waals surface area contributed by atoms with Crippen LogP contribution < -0.4 is 16.0 Å². The smallest absolute Gasteiger partial charge is 0.315 e. The molecule has 0 bridgehead atoms. The summed E-state index contributed by atoms with van der Waals surface area (Å²) in [6.07, 6.45) is 5.26. The van der Waals surface area contributed by atoms with Crippen molar-refractivity contribution in [3.63, 3.8) is 0 Å². The van der Waals surface area contributed by atoms with Gasteiger partial charge in [-0.15, -0.1) is 0 Å². The molecule has 3 N–H and O–H groups in total. The molecule has 4 rings (SSSR count). The number of hydrogen-bond acceptors (Lipinski definition) is 2. The van der Waals surface area contributed by atoms with Gasteiger partial charge in [-0.3, -0.25) is 0 Å². The van der Waals surface area contributed by atoms with E-state index in [1.807, 2.05) is 0 Å². The lowest BCUT2D eigenvalue weighted by atomic mass is 9.95. The first kappa shape index (κ1) is 19.0. The maximum Gasteiger partial charge on any atom is 0.315 e. The van der Waals surface area contributed by atoms with Crippen LogP contribution in [0, 0.1) is 5.92 Å². The van der Waals surface area contributed by atoms with Crippen LogP contribution in [0.5, 0.6) is 0 Å². The van der Waals surface area contributed by atoms with Gasteiger partial charge in [0.05, 0.1) is 0 Å². The maximum atomic E-state index is 12.4. The molecule has 0 spiro atoms. The average Bonchev–Trinajstić information content (AvgIpc) is 3.14. The van der Waals surface area contributed by atoms with Crippen molar-refractivity contribution in [1.29, 1.82) is 0 Å². The zero-order valence-corrected chi connectivity index (χ0v) is 16.7. The molecule has 0 saturated carbocycles. The first-order valence-electron chi connectivity index (χ1n) is 10.6. The molecule has 2 amide bonds. The highest BCUT2D eigenvalue weighted by Gasteiger charge is 2.24. The molecular weight excluding hydrogens is 346 g/mol. The number of fused-ring (bicyclic) bond motifs is 2. The first-order valence-corrected chi connectivity index (χ1v) is 10.6. The average molecular weight is 378 g/mol. The Balaban J connectivity index is 1.22. The van der Waals surface area contributed by atoms with Gasteiger partial charge < -0.3 is 16.0 Å². The molecule has 2 aromatic carbocycles. The van der Waals surface area contributed by atoms with E-state index in [1.54, 1.807) is 0 Å². The third-order valence-corrected chi connectivity index (χ3v) is 6.26. The highest BCUT2D eigenvalue weighted by atomic mass is 16.2. The van der Waals surface area contributed by atoms with Crippen molar-refractivity contribution >= 4 is 6.03 Å². The summed E-state index contributed by atoms with van der Waals surface area (Å²) in [7, 11) is 0. The van der Waals surface area contributed by atoms with Crippen LogP contribution in [-0.4, -0.2) is 24.7 Å². The van der Waals surface area contributed by atoms with Crippen molar-refractivity contribution in [3.8, 4) is 0 Å². The zero-order valence-electron chi connectivity index (χ0n) is 16.7. The summed E-state index contributed by atoms with van der Waals surface area (Å²) < 4.78 is 0. The van der Waals surface area contributed by atoms with Crippen LogP contribution in [0.3, 0.4) is 0 Å². The molecular formula is C24H31N3O. The van der Waals surface area contributed by atoms with Crippen LogP contribution >= 0.6 is 0 Å². The fourth-order valence-corrected chi connectivity index (χ4v) is 4.66. The molecule has 1 unspecified atom stereocenters. The van der Waals surface area contributed by atoms with Crippen LogP contribution in [0.4, 0.5) is 4.79 Å². The van der Waals surface area contributed by atoms with Gasteiger partial charge in [-0.2, -0.15) is 0 Å². The Labute approximate surface area is 168 Å².